The lowest BCUT2D eigenvalue weighted by atomic mass is 10.1. The Bertz CT molecular complexity index is 1480. The molecule has 9 nitrogen and oxygen atoms in total. The van der Waals surface area contributed by atoms with E-state index in [1.165, 1.54) is 18.2 Å². The molecule has 13 heteroatoms. The van der Waals surface area contributed by atoms with Crippen LogP contribution in [0.15, 0.2) is 66.4 Å². The third-order valence-electron chi connectivity index (χ3n) is 5.55. The van der Waals surface area contributed by atoms with Crippen molar-refractivity contribution in [1.82, 2.24) is 10.0 Å². The highest BCUT2D eigenvalue weighted by Gasteiger charge is 2.46. The summed E-state index contributed by atoms with van der Waals surface area (Å²) >= 11 is 13.3. The predicted molar refractivity (Wildman–Crippen MR) is 147 cm³/mol. The van der Waals surface area contributed by atoms with E-state index in [9.17, 15) is 29.3 Å². The van der Waals surface area contributed by atoms with E-state index in [-0.39, 0.29) is 31.2 Å². The number of aryl methyl sites for hydroxylation is 1. The zero-order chi connectivity index (χ0) is 27.2. The molecule has 0 spiro atoms. The molecule has 0 saturated heterocycles. The first-order valence-corrected chi connectivity index (χ1v) is 13.5. The molecule has 0 aliphatic carbocycles. The average Bonchev–Trinajstić information content (AvgIpc) is 3.14. The Labute approximate surface area is 243 Å². The fourth-order valence-corrected chi connectivity index (χ4v) is 6.17. The maximum atomic E-state index is 13.7. The van der Waals surface area contributed by atoms with Crippen molar-refractivity contribution < 1.29 is 24.1 Å². The Morgan fingerprint density at radius 3 is 1.89 bits per heavy atom. The number of nitro benzene ring substituents is 1. The first-order valence-electron chi connectivity index (χ1n) is 10.4. The number of imide groups is 1. The van der Waals surface area contributed by atoms with E-state index in [4.69, 9.17) is 0 Å². The predicted octanol–water partition coefficient (Wildman–Crippen LogP) is 6.49. The molecular weight excluding hydrogens is 746 g/mol. The molecule has 0 unspecified atom stereocenters. The highest BCUT2D eigenvalue weighted by Crippen LogP contribution is 2.45. The minimum absolute atomic E-state index is 0.0462. The molecule has 1 heterocycles. The Kier molecular flexibility index (Phi) is 7.79. The molecule has 3 aromatic rings. The number of carbonyl (C=O) groups excluding carboxylic acids is 4. The number of benzene rings is 3. The van der Waals surface area contributed by atoms with Gasteiger partial charge in [0.05, 0.1) is 16.1 Å². The van der Waals surface area contributed by atoms with E-state index in [0.717, 1.165) is 11.6 Å². The van der Waals surface area contributed by atoms with E-state index in [2.05, 4.69) is 63.7 Å². The van der Waals surface area contributed by atoms with Crippen molar-refractivity contribution in [1.29, 1.82) is 0 Å². The summed E-state index contributed by atoms with van der Waals surface area (Å²) in [5.41, 5.74) is 0.113. The molecule has 3 amide bonds. The van der Waals surface area contributed by atoms with Gasteiger partial charge < -0.3 is 0 Å². The number of ketones is 1. The highest BCUT2D eigenvalue weighted by atomic mass is 79.9. The molecule has 0 bridgehead atoms. The number of nitrogens with zero attached hydrogens (tertiary/aromatic N) is 3. The highest BCUT2D eigenvalue weighted by molar-refractivity contribution is 9.15. The van der Waals surface area contributed by atoms with Crippen LogP contribution in [0, 0.1) is 17.0 Å². The molecule has 0 fully saturated rings. The van der Waals surface area contributed by atoms with Crippen molar-refractivity contribution in [3.63, 3.8) is 0 Å². The van der Waals surface area contributed by atoms with Gasteiger partial charge in [0.1, 0.15) is 12.1 Å². The molecule has 0 aromatic heterocycles. The minimum atomic E-state index is -1.06. The monoisotopic (exact) mass is 755 g/mol. The lowest BCUT2D eigenvalue weighted by Gasteiger charge is -2.29. The van der Waals surface area contributed by atoms with Crippen LogP contribution in [0.4, 0.5) is 5.69 Å². The zero-order valence-corrected chi connectivity index (χ0v) is 25.0. The molecule has 1 aliphatic rings. The van der Waals surface area contributed by atoms with E-state index >= 15 is 0 Å². The average molecular weight is 759 g/mol. The zero-order valence-electron chi connectivity index (χ0n) is 18.6. The summed E-state index contributed by atoms with van der Waals surface area (Å²) < 4.78 is 1.38. The molecule has 1 aliphatic heterocycles. The normalized spacial score (nSPS) is 12.5. The van der Waals surface area contributed by atoms with Gasteiger partial charge in [0, 0.05) is 29.5 Å². The van der Waals surface area contributed by atoms with Crippen molar-refractivity contribution in [3.8, 4) is 0 Å². The second kappa shape index (κ2) is 10.6. The van der Waals surface area contributed by atoms with Crippen LogP contribution in [-0.4, -0.2) is 45.0 Å². The summed E-state index contributed by atoms with van der Waals surface area (Å²) in [5, 5.41) is 12.8. The topological polar surface area (TPSA) is 118 Å². The van der Waals surface area contributed by atoms with Crippen LogP contribution in [-0.2, 0) is 0 Å². The Hall–Kier alpha value is -2.74. The van der Waals surface area contributed by atoms with Gasteiger partial charge in [-0.1, -0.05) is 42.0 Å². The molecule has 37 heavy (non-hydrogen) atoms. The molecule has 3 aromatic carbocycles. The number of fused-ring (bicyclic) bond motifs is 1. The van der Waals surface area contributed by atoms with E-state index in [1.54, 1.807) is 24.3 Å². The number of para-hydroxylation sites is 1. The minimum Gasteiger partial charge on any atom is -0.292 e. The Morgan fingerprint density at radius 1 is 0.865 bits per heavy atom. The van der Waals surface area contributed by atoms with Crippen molar-refractivity contribution >= 4 is 92.9 Å². The number of amides is 3. The molecule has 0 atom stereocenters. The molecule has 188 valence electrons. The van der Waals surface area contributed by atoms with Gasteiger partial charge in [-0.05, 0) is 76.7 Å². The maximum absolute atomic E-state index is 13.7. The van der Waals surface area contributed by atoms with Crippen molar-refractivity contribution in [3.05, 3.63) is 104 Å². The van der Waals surface area contributed by atoms with Gasteiger partial charge in [-0.15, -0.1) is 0 Å². The van der Waals surface area contributed by atoms with Crippen LogP contribution >= 0.6 is 63.7 Å². The van der Waals surface area contributed by atoms with Gasteiger partial charge in [0.25, 0.3) is 23.4 Å². The van der Waals surface area contributed by atoms with Crippen molar-refractivity contribution in [2.45, 2.75) is 6.92 Å². The van der Waals surface area contributed by atoms with Gasteiger partial charge in [0.2, 0.25) is 0 Å². The molecule has 4 rings (SSSR count). The van der Waals surface area contributed by atoms with Crippen LogP contribution < -0.4 is 0 Å². The van der Waals surface area contributed by atoms with Gasteiger partial charge >= 0.3 is 0 Å². The van der Waals surface area contributed by atoms with Crippen LogP contribution in [0.3, 0.4) is 0 Å². The maximum Gasteiger partial charge on any atom is 0.282 e. The Morgan fingerprint density at radius 2 is 1.38 bits per heavy atom. The third-order valence-corrected chi connectivity index (χ3v) is 10.3. The van der Waals surface area contributed by atoms with Gasteiger partial charge in [-0.25, -0.2) is 5.01 Å². The lowest BCUT2D eigenvalue weighted by Crippen LogP contribution is -2.51. The van der Waals surface area contributed by atoms with Crippen molar-refractivity contribution in [2.75, 3.05) is 6.54 Å². The Balaban J connectivity index is 1.86. The summed E-state index contributed by atoms with van der Waals surface area (Å²) in [6.45, 7) is 1.11. The summed E-state index contributed by atoms with van der Waals surface area (Å²) in [6, 6.07) is 11.6. The summed E-state index contributed by atoms with van der Waals surface area (Å²) in [6.07, 6.45) is 0. The summed E-state index contributed by atoms with van der Waals surface area (Å²) in [5.74, 6) is -3.41. The number of rotatable bonds is 6. The van der Waals surface area contributed by atoms with Gasteiger partial charge in [-0.3, -0.25) is 29.3 Å². The summed E-state index contributed by atoms with van der Waals surface area (Å²) in [7, 11) is 0. The first kappa shape index (κ1) is 27.3. The number of hydrogen-bond donors (Lipinski definition) is 0. The fourth-order valence-electron chi connectivity index (χ4n) is 3.71. The SMILES string of the molecule is Cc1ccc(C(=O)CN(C(=O)c2ccccc2[N+](=O)[O-])N2C(=O)c3c(Br)c(Br)c(Br)c(Br)c3C2=O)cc1. The molecule has 0 saturated carbocycles. The van der Waals surface area contributed by atoms with E-state index in [0.29, 0.717) is 19.0 Å². The number of nitro groups is 1. The van der Waals surface area contributed by atoms with E-state index in [1.807, 2.05) is 6.92 Å². The van der Waals surface area contributed by atoms with Crippen LogP contribution in [0.2, 0.25) is 0 Å². The number of halogens is 4. The van der Waals surface area contributed by atoms with Crippen molar-refractivity contribution in [2.24, 2.45) is 0 Å². The number of hydrazine groups is 1. The molecule has 0 radical (unpaired) electrons. The quantitative estimate of drug-likeness (QED) is 0.0709. The fraction of sp³-hybridized carbons (Fsp3) is 0.0833. The standard InChI is InChI=1S/C24H13Br4N3O6/c1-11-6-8-12(9-7-11)15(32)10-29(22(33)13-4-2-3-5-14(13)31(36)37)30-23(34)16-17(24(30)35)19(26)21(28)20(27)18(16)25/h2-9H,10H2,1H3. The number of carbonyl (C=O) groups is 4. The second-order valence-corrected chi connectivity index (χ2v) is 11.0. The van der Waals surface area contributed by atoms with Crippen LogP contribution in [0.25, 0.3) is 0 Å². The third kappa shape index (κ3) is 4.80. The second-order valence-electron chi connectivity index (χ2n) is 7.85. The van der Waals surface area contributed by atoms with E-state index < -0.39 is 40.7 Å². The summed E-state index contributed by atoms with van der Waals surface area (Å²) in [4.78, 5) is 64.9. The largest absolute Gasteiger partial charge is 0.292 e. The first-order chi connectivity index (χ1) is 17.5. The smallest absolute Gasteiger partial charge is 0.282 e. The van der Waals surface area contributed by atoms with Gasteiger partial charge in [0.15, 0.2) is 5.78 Å². The van der Waals surface area contributed by atoms with Gasteiger partial charge in [-0.2, -0.15) is 5.01 Å². The molecule has 0 N–H and O–H groups in total. The van der Waals surface area contributed by atoms with Crippen LogP contribution in [0.1, 0.15) is 47.0 Å². The molecular formula is C24H13Br4N3O6. The van der Waals surface area contributed by atoms with Crippen LogP contribution in [0.5, 0.6) is 0 Å². The number of hydrogen-bond acceptors (Lipinski definition) is 6. The lowest BCUT2D eigenvalue weighted by molar-refractivity contribution is -0.385. The number of Topliss-reactive ketones (excluding diaryl/α,β-unsaturated/α-hetero) is 1.